The van der Waals surface area contributed by atoms with Gasteiger partial charge in [0.1, 0.15) is 5.52 Å². The molecule has 198 valence electrons. The van der Waals surface area contributed by atoms with E-state index >= 15 is 0 Å². The minimum Gasteiger partial charge on any atom is -0.381 e. The summed E-state index contributed by atoms with van der Waals surface area (Å²) in [6, 6.07) is 3.51. The SMILES string of the molecule is C[C@@H]1COCC[C@H]1Nc1ncc2nc(Nc3c(Cl)cc(Cl)cc3Cl)n([C@H]3CC[C@](C)(C(N)=O)CC3)c2n1. The number of benzene rings is 1. The van der Waals surface area contributed by atoms with Crippen molar-refractivity contribution in [2.45, 2.75) is 58.0 Å². The number of hydrogen-bond acceptors (Lipinski definition) is 7. The van der Waals surface area contributed by atoms with Gasteiger partial charge in [0.25, 0.3) is 0 Å². The second-order valence-corrected chi connectivity index (χ2v) is 11.6. The zero-order valence-corrected chi connectivity index (χ0v) is 23.0. The number of aromatic nitrogens is 4. The van der Waals surface area contributed by atoms with Crippen LogP contribution in [-0.4, -0.2) is 44.7 Å². The van der Waals surface area contributed by atoms with Gasteiger partial charge in [0.2, 0.25) is 17.8 Å². The van der Waals surface area contributed by atoms with Crippen LogP contribution in [0.25, 0.3) is 11.2 Å². The summed E-state index contributed by atoms with van der Waals surface area (Å²) in [5.74, 6) is 1.16. The number of ether oxygens (including phenoxy) is 1. The highest BCUT2D eigenvalue weighted by molar-refractivity contribution is 6.41. The van der Waals surface area contributed by atoms with Gasteiger partial charge in [0.05, 0.1) is 28.5 Å². The summed E-state index contributed by atoms with van der Waals surface area (Å²) in [5.41, 5.74) is 7.01. The van der Waals surface area contributed by atoms with E-state index in [0.717, 1.165) is 19.3 Å². The second-order valence-electron chi connectivity index (χ2n) is 10.3. The predicted molar refractivity (Wildman–Crippen MR) is 147 cm³/mol. The van der Waals surface area contributed by atoms with Crippen LogP contribution in [0, 0.1) is 11.3 Å². The Bertz CT molecular complexity index is 1300. The van der Waals surface area contributed by atoms with Gasteiger partial charge in [-0.1, -0.05) is 48.7 Å². The molecule has 4 N–H and O–H groups in total. The number of primary amides is 1. The number of fused-ring (bicyclic) bond motifs is 1. The molecule has 1 aromatic carbocycles. The molecule has 2 atom stereocenters. The first-order valence-electron chi connectivity index (χ1n) is 12.5. The third kappa shape index (κ3) is 5.32. The number of nitrogens with zero attached hydrogens (tertiary/aromatic N) is 4. The minimum absolute atomic E-state index is 0.0366. The normalized spacial score (nSPS) is 26.2. The maximum absolute atomic E-state index is 12.1. The third-order valence-electron chi connectivity index (χ3n) is 7.65. The van der Waals surface area contributed by atoms with E-state index in [1.807, 2.05) is 6.92 Å². The number of nitrogens with one attached hydrogen (secondary N) is 2. The van der Waals surface area contributed by atoms with Gasteiger partial charge in [-0.3, -0.25) is 9.36 Å². The van der Waals surface area contributed by atoms with Crippen molar-refractivity contribution in [3.63, 3.8) is 0 Å². The highest BCUT2D eigenvalue weighted by Gasteiger charge is 2.38. The van der Waals surface area contributed by atoms with E-state index in [-0.39, 0.29) is 18.0 Å². The Morgan fingerprint density at radius 2 is 1.86 bits per heavy atom. The summed E-state index contributed by atoms with van der Waals surface area (Å²) in [6.07, 6.45) is 5.43. The first-order chi connectivity index (χ1) is 17.6. The summed E-state index contributed by atoms with van der Waals surface area (Å²) in [4.78, 5) is 26.3. The Kier molecular flexibility index (Phi) is 7.42. The Labute approximate surface area is 230 Å². The lowest BCUT2D eigenvalue weighted by Gasteiger charge is -2.35. The Morgan fingerprint density at radius 1 is 1.16 bits per heavy atom. The molecule has 9 nitrogen and oxygen atoms in total. The zero-order chi connectivity index (χ0) is 26.3. The Morgan fingerprint density at radius 3 is 2.51 bits per heavy atom. The highest BCUT2D eigenvalue weighted by Crippen LogP contribution is 2.44. The summed E-state index contributed by atoms with van der Waals surface area (Å²) in [7, 11) is 0. The van der Waals surface area contributed by atoms with Crippen molar-refractivity contribution in [2.75, 3.05) is 23.8 Å². The molecule has 2 aliphatic rings. The molecule has 0 radical (unpaired) electrons. The molecule has 3 aromatic rings. The molecular weight excluding hydrogens is 537 g/mol. The second kappa shape index (κ2) is 10.4. The van der Waals surface area contributed by atoms with E-state index in [9.17, 15) is 4.79 Å². The molecule has 0 unspecified atom stereocenters. The monoisotopic (exact) mass is 565 g/mol. The van der Waals surface area contributed by atoms with Crippen molar-refractivity contribution < 1.29 is 9.53 Å². The molecule has 0 bridgehead atoms. The number of carbonyl (C=O) groups is 1. The number of rotatable bonds is 6. The largest absolute Gasteiger partial charge is 0.381 e. The molecular formula is C25H30Cl3N7O2. The van der Waals surface area contributed by atoms with E-state index in [4.69, 9.17) is 55.2 Å². The van der Waals surface area contributed by atoms with Crippen molar-refractivity contribution >= 4 is 69.5 Å². The van der Waals surface area contributed by atoms with Crippen molar-refractivity contribution in [1.82, 2.24) is 19.5 Å². The molecule has 2 fully saturated rings. The van der Waals surface area contributed by atoms with Crippen LogP contribution in [0.3, 0.4) is 0 Å². The summed E-state index contributed by atoms with van der Waals surface area (Å²) >= 11 is 19.1. The maximum atomic E-state index is 12.1. The van der Waals surface area contributed by atoms with Gasteiger partial charge >= 0.3 is 0 Å². The standard InChI is InChI=1S/C25H30Cl3N7O2/c1-13-12-37-8-5-18(13)31-23-30-11-19-21(34-23)35(15-3-6-25(2,7-4-15)22(29)36)24(32-19)33-20-16(27)9-14(26)10-17(20)28/h9-11,13,15,18H,3-8,12H2,1-2H3,(H2,29,36)(H,32,33)(H,30,31,34)/t13-,15-,18-,25-/m1/s1. The number of nitrogens with two attached hydrogens (primary N) is 1. The first-order valence-corrected chi connectivity index (χ1v) is 13.6. The van der Waals surface area contributed by atoms with E-state index in [0.29, 0.717) is 75.8 Å². The number of carbonyl (C=O) groups excluding carboxylic acids is 1. The smallest absolute Gasteiger partial charge is 0.224 e. The molecule has 3 heterocycles. The fourth-order valence-electron chi connectivity index (χ4n) is 5.17. The number of halogens is 3. The number of imidazole rings is 1. The van der Waals surface area contributed by atoms with Gasteiger partial charge in [-0.2, -0.15) is 4.98 Å². The minimum atomic E-state index is -0.524. The lowest BCUT2D eigenvalue weighted by molar-refractivity contribution is -0.128. The van der Waals surface area contributed by atoms with Gasteiger partial charge < -0.3 is 21.1 Å². The van der Waals surface area contributed by atoms with Gasteiger partial charge in [0.15, 0.2) is 5.65 Å². The van der Waals surface area contributed by atoms with Gasteiger partial charge in [-0.05, 0) is 50.2 Å². The number of hydrogen-bond donors (Lipinski definition) is 3. The van der Waals surface area contributed by atoms with Crippen molar-refractivity contribution in [2.24, 2.45) is 17.1 Å². The van der Waals surface area contributed by atoms with Gasteiger partial charge in [0, 0.05) is 29.1 Å². The molecule has 1 aliphatic carbocycles. The summed E-state index contributed by atoms with van der Waals surface area (Å²) in [6.45, 7) is 5.50. The van der Waals surface area contributed by atoms with Crippen LogP contribution in [0.2, 0.25) is 15.1 Å². The highest BCUT2D eigenvalue weighted by atomic mass is 35.5. The fourth-order valence-corrected chi connectivity index (χ4v) is 6.08. The molecule has 0 spiro atoms. The molecule has 1 saturated heterocycles. The molecule has 5 rings (SSSR count). The van der Waals surface area contributed by atoms with Crippen molar-refractivity contribution in [3.05, 3.63) is 33.4 Å². The zero-order valence-electron chi connectivity index (χ0n) is 20.7. The Balaban J connectivity index is 1.54. The summed E-state index contributed by atoms with van der Waals surface area (Å²) < 4.78 is 7.64. The average molecular weight is 567 g/mol. The van der Waals surface area contributed by atoms with E-state index in [2.05, 4.69) is 27.1 Å². The van der Waals surface area contributed by atoms with Crippen LogP contribution in [0.4, 0.5) is 17.6 Å². The predicted octanol–water partition coefficient (Wildman–Crippen LogP) is 5.97. The topological polar surface area (TPSA) is 120 Å². The maximum Gasteiger partial charge on any atom is 0.224 e. The molecule has 12 heteroatoms. The van der Waals surface area contributed by atoms with Crippen LogP contribution in [0.1, 0.15) is 52.0 Å². The lowest BCUT2D eigenvalue weighted by atomic mass is 9.73. The number of anilines is 3. The van der Waals surface area contributed by atoms with Gasteiger partial charge in [-0.25, -0.2) is 9.97 Å². The van der Waals surface area contributed by atoms with Crippen LogP contribution in [0.15, 0.2) is 18.3 Å². The van der Waals surface area contributed by atoms with Gasteiger partial charge in [-0.15, -0.1) is 0 Å². The molecule has 1 saturated carbocycles. The van der Waals surface area contributed by atoms with Crippen LogP contribution in [0.5, 0.6) is 0 Å². The molecule has 1 amide bonds. The van der Waals surface area contributed by atoms with E-state index < -0.39 is 5.41 Å². The fraction of sp³-hybridized carbons (Fsp3) is 0.520. The lowest BCUT2D eigenvalue weighted by Crippen LogP contribution is -2.38. The van der Waals surface area contributed by atoms with E-state index in [1.165, 1.54) is 0 Å². The van der Waals surface area contributed by atoms with E-state index in [1.54, 1.807) is 18.3 Å². The quantitative estimate of drug-likeness (QED) is 0.336. The number of amides is 1. The van der Waals surface area contributed by atoms with Crippen LogP contribution in [-0.2, 0) is 9.53 Å². The molecule has 37 heavy (non-hydrogen) atoms. The van der Waals surface area contributed by atoms with Crippen LogP contribution >= 0.6 is 34.8 Å². The summed E-state index contributed by atoms with van der Waals surface area (Å²) in [5, 5.41) is 7.99. The molecule has 1 aliphatic heterocycles. The Hall–Kier alpha value is -2.33. The molecule has 2 aromatic heterocycles. The first kappa shape index (κ1) is 26.3. The van der Waals surface area contributed by atoms with Crippen molar-refractivity contribution in [3.8, 4) is 0 Å². The third-order valence-corrected chi connectivity index (χ3v) is 8.46. The average Bonchev–Trinajstić information content (AvgIpc) is 3.20. The van der Waals surface area contributed by atoms with Crippen molar-refractivity contribution in [1.29, 1.82) is 0 Å². The van der Waals surface area contributed by atoms with Crippen LogP contribution < -0.4 is 16.4 Å².